The second-order valence-electron chi connectivity index (χ2n) is 2.37. The van der Waals surface area contributed by atoms with Gasteiger partial charge in [0.2, 0.25) is 0 Å². The summed E-state index contributed by atoms with van der Waals surface area (Å²) in [6, 6.07) is 2.02. The van der Waals surface area contributed by atoms with Gasteiger partial charge in [0.15, 0.2) is 0 Å². The van der Waals surface area contributed by atoms with Gasteiger partial charge in [-0.3, -0.25) is 4.79 Å². The van der Waals surface area contributed by atoms with E-state index < -0.39 is 0 Å². The third-order valence-electron chi connectivity index (χ3n) is 1.37. The lowest BCUT2D eigenvalue weighted by molar-refractivity contribution is 0.568. The highest BCUT2D eigenvalue weighted by Gasteiger charge is 2.00. The van der Waals surface area contributed by atoms with Crippen LogP contribution < -0.4 is 4.87 Å². The lowest BCUT2D eigenvalue weighted by Crippen LogP contribution is -2.14. The molecule has 4 nitrogen and oxygen atoms in total. The van der Waals surface area contributed by atoms with Crippen molar-refractivity contribution in [1.29, 1.82) is 5.26 Å². The van der Waals surface area contributed by atoms with Gasteiger partial charge in [0, 0.05) is 13.0 Å². The molecule has 0 N–H and O–H groups in total. The van der Waals surface area contributed by atoms with Crippen LogP contribution in [0.1, 0.15) is 17.8 Å². The van der Waals surface area contributed by atoms with E-state index in [2.05, 4.69) is 5.10 Å². The number of nitriles is 1. The molecule has 0 spiro atoms. The predicted molar refractivity (Wildman–Crippen MR) is 46.0 cm³/mol. The Morgan fingerprint density at radius 1 is 1.75 bits per heavy atom. The maximum atomic E-state index is 11.1. The van der Waals surface area contributed by atoms with Crippen LogP contribution >= 0.6 is 11.3 Å². The van der Waals surface area contributed by atoms with Crippen molar-refractivity contribution < 1.29 is 0 Å². The summed E-state index contributed by atoms with van der Waals surface area (Å²) in [5, 5.41) is 13.0. The van der Waals surface area contributed by atoms with Crippen molar-refractivity contribution in [2.75, 3.05) is 0 Å². The smallest absolute Gasteiger partial charge is 0.255 e. The number of aryl methyl sites for hydroxylation is 2. The molecule has 0 aliphatic rings. The summed E-state index contributed by atoms with van der Waals surface area (Å²) in [6.45, 7) is 2.35. The second-order valence-corrected chi connectivity index (χ2v) is 3.52. The first-order chi connectivity index (χ1) is 5.74. The van der Waals surface area contributed by atoms with Crippen LogP contribution in [0.4, 0.5) is 0 Å². The van der Waals surface area contributed by atoms with E-state index in [0.717, 1.165) is 16.3 Å². The van der Waals surface area contributed by atoms with Gasteiger partial charge in [0.05, 0.1) is 6.07 Å². The maximum absolute atomic E-state index is 11.1. The van der Waals surface area contributed by atoms with E-state index in [1.165, 1.54) is 4.68 Å². The normalized spacial score (nSPS) is 9.67. The number of nitrogens with zero attached hydrogens (tertiary/aromatic N) is 3. The Hall–Kier alpha value is -1.15. The third-order valence-corrected chi connectivity index (χ3v) is 2.13. The van der Waals surface area contributed by atoms with Gasteiger partial charge >= 0.3 is 4.87 Å². The summed E-state index contributed by atoms with van der Waals surface area (Å²) >= 11 is 1.14. The number of aromatic nitrogens is 2. The molecule has 1 rings (SSSR count). The molecular weight excluding hydrogens is 174 g/mol. The Balaban J connectivity index is 2.58. The first-order valence-corrected chi connectivity index (χ1v) is 4.47. The van der Waals surface area contributed by atoms with Crippen molar-refractivity contribution >= 4 is 11.3 Å². The van der Waals surface area contributed by atoms with Crippen LogP contribution in [0.15, 0.2) is 4.79 Å². The average molecular weight is 183 g/mol. The van der Waals surface area contributed by atoms with E-state index in [9.17, 15) is 4.79 Å². The second kappa shape index (κ2) is 4.02. The molecule has 0 unspecified atom stereocenters. The molecule has 1 aromatic rings. The van der Waals surface area contributed by atoms with E-state index >= 15 is 0 Å². The fourth-order valence-corrected chi connectivity index (χ4v) is 1.49. The summed E-state index contributed by atoms with van der Waals surface area (Å²) in [5.41, 5.74) is 0. The zero-order valence-corrected chi connectivity index (χ0v) is 7.60. The van der Waals surface area contributed by atoms with Crippen LogP contribution in [0.3, 0.4) is 0 Å². The Labute approximate surface area is 74.1 Å². The van der Waals surface area contributed by atoms with Crippen molar-refractivity contribution in [3.05, 3.63) is 14.7 Å². The van der Waals surface area contributed by atoms with Gasteiger partial charge in [-0.1, -0.05) is 11.3 Å². The van der Waals surface area contributed by atoms with Crippen molar-refractivity contribution in [3.8, 4) is 6.07 Å². The summed E-state index contributed by atoms with van der Waals surface area (Å²) in [7, 11) is 0. The van der Waals surface area contributed by atoms with Crippen LogP contribution in [0.5, 0.6) is 0 Å². The van der Waals surface area contributed by atoms with E-state index in [4.69, 9.17) is 5.26 Å². The average Bonchev–Trinajstić information content (AvgIpc) is 2.31. The fourth-order valence-electron chi connectivity index (χ4n) is 0.859. The van der Waals surface area contributed by atoms with E-state index in [-0.39, 0.29) is 4.87 Å². The zero-order valence-electron chi connectivity index (χ0n) is 6.78. The summed E-state index contributed by atoms with van der Waals surface area (Å²) in [6.07, 6.45) is 1.17. The predicted octanol–water partition coefficient (Wildman–Crippen LogP) is 0.917. The van der Waals surface area contributed by atoms with E-state index in [1.807, 2.05) is 6.07 Å². The molecule has 0 aliphatic heterocycles. The quantitative estimate of drug-likeness (QED) is 0.654. The highest BCUT2D eigenvalue weighted by molar-refractivity contribution is 7.08. The van der Waals surface area contributed by atoms with Gasteiger partial charge in [-0.15, -0.1) is 0 Å². The molecular formula is C7H9N3OS. The van der Waals surface area contributed by atoms with Gasteiger partial charge in [-0.2, -0.15) is 10.4 Å². The van der Waals surface area contributed by atoms with Crippen molar-refractivity contribution in [1.82, 2.24) is 9.78 Å². The molecule has 5 heteroatoms. The lowest BCUT2D eigenvalue weighted by Gasteiger charge is -1.93. The number of unbranched alkanes of at least 4 members (excludes halogenated alkanes) is 1. The molecule has 64 valence electrons. The van der Waals surface area contributed by atoms with E-state index in [0.29, 0.717) is 19.4 Å². The van der Waals surface area contributed by atoms with Crippen LogP contribution in [-0.4, -0.2) is 9.78 Å². The molecule has 1 aromatic heterocycles. The van der Waals surface area contributed by atoms with Crippen LogP contribution in [0.2, 0.25) is 0 Å². The third kappa shape index (κ3) is 2.17. The highest BCUT2D eigenvalue weighted by atomic mass is 32.1. The SMILES string of the molecule is Cc1nn(CCCC#N)c(=O)s1. The van der Waals surface area contributed by atoms with Gasteiger partial charge < -0.3 is 0 Å². The Kier molecular flexibility index (Phi) is 3.00. The topological polar surface area (TPSA) is 58.7 Å². The minimum Gasteiger partial charge on any atom is -0.255 e. The summed E-state index contributed by atoms with van der Waals surface area (Å²) in [4.78, 5) is 11.0. The highest BCUT2D eigenvalue weighted by Crippen LogP contribution is 1.96. The van der Waals surface area contributed by atoms with Gasteiger partial charge in [-0.05, 0) is 13.3 Å². The van der Waals surface area contributed by atoms with Gasteiger partial charge in [0.25, 0.3) is 0 Å². The van der Waals surface area contributed by atoms with Gasteiger partial charge in [0.1, 0.15) is 5.01 Å². The van der Waals surface area contributed by atoms with Crippen molar-refractivity contribution in [2.45, 2.75) is 26.3 Å². The fraction of sp³-hybridized carbons (Fsp3) is 0.571. The molecule has 0 fully saturated rings. The number of hydrogen-bond donors (Lipinski definition) is 0. The maximum Gasteiger partial charge on any atom is 0.325 e. The molecule has 0 radical (unpaired) electrons. The molecule has 0 atom stereocenters. The number of hydrogen-bond acceptors (Lipinski definition) is 4. The standard InChI is InChI=1S/C7H9N3OS/c1-6-9-10(7(11)12-6)5-3-2-4-8/h2-3,5H2,1H3. The Bertz CT molecular complexity index is 346. The van der Waals surface area contributed by atoms with E-state index in [1.54, 1.807) is 6.92 Å². The van der Waals surface area contributed by atoms with Crippen molar-refractivity contribution in [2.24, 2.45) is 0 Å². The molecule has 0 amide bonds. The lowest BCUT2D eigenvalue weighted by atomic mass is 10.3. The van der Waals surface area contributed by atoms with Crippen LogP contribution in [0, 0.1) is 18.3 Å². The minimum atomic E-state index is -0.0366. The molecule has 0 saturated heterocycles. The molecule has 12 heavy (non-hydrogen) atoms. The number of rotatable bonds is 3. The Morgan fingerprint density at radius 2 is 2.50 bits per heavy atom. The first-order valence-electron chi connectivity index (χ1n) is 3.65. The van der Waals surface area contributed by atoms with Crippen LogP contribution in [-0.2, 0) is 6.54 Å². The molecule has 1 heterocycles. The largest absolute Gasteiger partial charge is 0.325 e. The molecule has 0 aromatic carbocycles. The molecule has 0 saturated carbocycles. The first kappa shape index (κ1) is 8.94. The summed E-state index contributed by atoms with van der Waals surface area (Å²) < 4.78 is 1.41. The zero-order chi connectivity index (χ0) is 8.97. The monoisotopic (exact) mass is 183 g/mol. The Morgan fingerprint density at radius 3 is 3.00 bits per heavy atom. The summed E-state index contributed by atoms with van der Waals surface area (Å²) in [5.74, 6) is 0. The minimum absolute atomic E-state index is 0.0366. The van der Waals surface area contributed by atoms with Crippen LogP contribution in [0.25, 0.3) is 0 Å². The molecule has 0 aliphatic carbocycles. The van der Waals surface area contributed by atoms with Gasteiger partial charge in [-0.25, -0.2) is 4.68 Å². The molecule has 0 bridgehead atoms. The van der Waals surface area contributed by atoms with Crippen molar-refractivity contribution in [3.63, 3.8) is 0 Å².